The Kier molecular flexibility index (Phi) is 5.80. The van der Waals surface area contributed by atoms with Gasteiger partial charge >= 0.3 is 0 Å². The minimum atomic E-state index is -0.0721. The van der Waals surface area contributed by atoms with E-state index in [0.717, 1.165) is 65.7 Å². The minimum Gasteiger partial charge on any atom is -0.354 e. The molecule has 1 amide bonds. The molecule has 0 bridgehead atoms. The zero-order valence-corrected chi connectivity index (χ0v) is 18.7. The van der Waals surface area contributed by atoms with Gasteiger partial charge in [0.1, 0.15) is 12.2 Å². The maximum absolute atomic E-state index is 13.0. The van der Waals surface area contributed by atoms with Crippen molar-refractivity contribution in [2.24, 2.45) is 5.92 Å². The van der Waals surface area contributed by atoms with Crippen molar-refractivity contribution in [3.63, 3.8) is 0 Å². The first kappa shape index (κ1) is 20.3. The molecule has 2 aliphatic heterocycles. The summed E-state index contributed by atoms with van der Waals surface area (Å²) < 4.78 is 2.26. The molecule has 2 aromatic heterocycles. The second kappa shape index (κ2) is 8.86. The Morgan fingerprint density at radius 3 is 3.00 bits per heavy atom. The van der Waals surface area contributed by atoms with E-state index < -0.39 is 0 Å². The molecule has 1 N–H and O–H groups in total. The first-order valence-electron chi connectivity index (χ1n) is 11.1. The monoisotopic (exact) mass is 436 g/mol. The number of aromatic nitrogens is 4. The molecule has 0 saturated carbocycles. The summed E-state index contributed by atoms with van der Waals surface area (Å²) in [5, 5.41) is 3.11. The molecular formula is C23H28N6OS. The van der Waals surface area contributed by atoms with Crippen LogP contribution >= 0.6 is 11.8 Å². The zero-order valence-electron chi connectivity index (χ0n) is 17.9. The van der Waals surface area contributed by atoms with Crippen LogP contribution in [0.4, 0.5) is 11.5 Å². The second-order valence-electron chi connectivity index (χ2n) is 8.37. The normalized spacial score (nSPS) is 19.1. The fourth-order valence-corrected chi connectivity index (χ4v) is 5.14. The number of fused-ring (bicyclic) bond motifs is 3. The number of hydrogen-bond donors (Lipinski definition) is 1. The molecule has 0 unspecified atom stereocenters. The van der Waals surface area contributed by atoms with Crippen LogP contribution in [0.25, 0.3) is 11.2 Å². The molecule has 1 aromatic carbocycles. The molecule has 0 aliphatic carbocycles. The molecule has 31 heavy (non-hydrogen) atoms. The van der Waals surface area contributed by atoms with Gasteiger partial charge in [-0.05, 0) is 50.1 Å². The highest BCUT2D eigenvalue weighted by molar-refractivity contribution is 7.98. The minimum absolute atomic E-state index is 0.0721. The number of anilines is 2. The van der Waals surface area contributed by atoms with Gasteiger partial charge in [-0.3, -0.25) is 4.79 Å². The van der Waals surface area contributed by atoms with Crippen LogP contribution in [0, 0.1) is 5.92 Å². The van der Waals surface area contributed by atoms with Gasteiger partial charge in [0.25, 0.3) is 0 Å². The third kappa shape index (κ3) is 4.13. The number of imidazole rings is 1. The van der Waals surface area contributed by atoms with Crippen LogP contribution in [0.15, 0.2) is 35.5 Å². The number of nitrogens with zero attached hydrogens (tertiary/aromatic N) is 5. The third-order valence-corrected chi connectivity index (χ3v) is 7.03. The van der Waals surface area contributed by atoms with Crippen molar-refractivity contribution in [1.29, 1.82) is 0 Å². The van der Waals surface area contributed by atoms with Gasteiger partial charge in [0.05, 0.1) is 5.92 Å². The maximum atomic E-state index is 13.0. The largest absolute Gasteiger partial charge is 0.354 e. The van der Waals surface area contributed by atoms with Gasteiger partial charge in [0.15, 0.2) is 17.0 Å². The van der Waals surface area contributed by atoms with Gasteiger partial charge in [0.2, 0.25) is 5.91 Å². The summed E-state index contributed by atoms with van der Waals surface area (Å²) >= 11 is 1.67. The van der Waals surface area contributed by atoms with Crippen molar-refractivity contribution in [3.8, 4) is 0 Å². The van der Waals surface area contributed by atoms with E-state index in [0.29, 0.717) is 6.54 Å². The van der Waals surface area contributed by atoms with Crippen LogP contribution in [0.5, 0.6) is 0 Å². The van der Waals surface area contributed by atoms with Gasteiger partial charge < -0.3 is 14.8 Å². The highest BCUT2D eigenvalue weighted by atomic mass is 32.2. The molecular weight excluding hydrogens is 408 g/mol. The molecule has 4 heterocycles. The molecule has 1 atom stereocenters. The summed E-state index contributed by atoms with van der Waals surface area (Å²) in [5.74, 6) is 1.99. The lowest BCUT2D eigenvalue weighted by Gasteiger charge is -2.32. The van der Waals surface area contributed by atoms with Crippen molar-refractivity contribution in [3.05, 3.63) is 36.4 Å². The van der Waals surface area contributed by atoms with Gasteiger partial charge in [-0.2, -0.15) is 0 Å². The standard InChI is InChI=1S/C23H28N6OS/c1-31-18-9-5-8-17(13-18)26-23(30)16-7-6-11-28(14-16)21-20-22(25-15-24-21)29-12-4-2-3-10-19(29)27-20/h5,8-9,13,15-16H,2-4,6-7,10-12,14H2,1H3,(H,26,30)/t16-/m0/s1. The molecule has 7 nitrogen and oxygen atoms in total. The van der Waals surface area contributed by atoms with Crippen molar-refractivity contribution in [1.82, 2.24) is 19.5 Å². The molecule has 5 rings (SSSR count). The predicted molar refractivity (Wildman–Crippen MR) is 125 cm³/mol. The number of nitrogens with one attached hydrogen (secondary N) is 1. The number of rotatable bonds is 4. The number of aryl methyl sites for hydroxylation is 2. The third-order valence-electron chi connectivity index (χ3n) is 6.30. The van der Waals surface area contributed by atoms with E-state index in [-0.39, 0.29) is 11.8 Å². The Morgan fingerprint density at radius 1 is 1.16 bits per heavy atom. The van der Waals surface area contributed by atoms with Crippen molar-refractivity contribution >= 4 is 40.3 Å². The lowest BCUT2D eigenvalue weighted by molar-refractivity contribution is -0.120. The molecule has 2 aliphatic rings. The molecule has 1 fully saturated rings. The van der Waals surface area contributed by atoms with E-state index in [2.05, 4.69) is 30.8 Å². The SMILES string of the molecule is CSc1cccc(NC(=O)[C@H]2CCCN(c3ncnc4c3nc3n4CCCCC3)C2)c1. The van der Waals surface area contributed by atoms with Crippen molar-refractivity contribution in [2.75, 3.05) is 29.6 Å². The number of carbonyl (C=O) groups excluding carboxylic acids is 1. The van der Waals surface area contributed by atoms with Gasteiger partial charge in [-0.15, -0.1) is 11.8 Å². The van der Waals surface area contributed by atoms with Gasteiger partial charge in [-0.1, -0.05) is 12.5 Å². The molecule has 0 spiro atoms. The molecule has 3 aromatic rings. The summed E-state index contributed by atoms with van der Waals surface area (Å²) in [7, 11) is 0. The van der Waals surface area contributed by atoms with Crippen molar-refractivity contribution in [2.45, 2.75) is 50.0 Å². The molecule has 8 heteroatoms. The van der Waals surface area contributed by atoms with Crippen LogP contribution in [0.2, 0.25) is 0 Å². The number of carbonyl (C=O) groups is 1. The number of amides is 1. The van der Waals surface area contributed by atoms with E-state index in [4.69, 9.17) is 4.98 Å². The number of thioether (sulfide) groups is 1. The fraction of sp³-hybridized carbons (Fsp3) is 0.478. The Bertz CT molecular complexity index is 1100. The molecule has 0 radical (unpaired) electrons. The van der Waals surface area contributed by atoms with E-state index in [1.54, 1.807) is 18.1 Å². The zero-order chi connectivity index (χ0) is 21.2. The smallest absolute Gasteiger partial charge is 0.229 e. The van der Waals surface area contributed by atoms with Crippen LogP contribution in [-0.4, -0.2) is 44.8 Å². The summed E-state index contributed by atoms with van der Waals surface area (Å²) in [6.45, 7) is 2.52. The lowest BCUT2D eigenvalue weighted by atomic mass is 9.97. The summed E-state index contributed by atoms with van der Waals surface area (Å²) in [6, 6.07) is 8.00. The summed E-state index contributed by atoms with van der Waals surface area (Å²) in [4.78, 5) is 30.5. The van der Waals surface area contributed by atoms with Crippen LogP contribution in [0.3, 0.4) is 0 Å². The number of piperidine rings is 1. The van der Waals surface area contributed by atoms with E-state index in [9.17, 15) is 4.79 Å². The van der Waals surface area contributed by atoms with Crippen molar-refractivity contribution < 1.29 is 4.79 Å². The van der Waals surface area contributed by atoms with Gasteiger partial charge in [0, 0.05) is 36.6 Å². The average molecular weight is 437 g/mol. The summed E-state index contributed by atoms with van der Waals surface area (Å²) in [5.41, 5.74) is 2.67. The van der Waals surface area contributed by atoms with E-state index >= 15 is 0 Å². The number of hydrogen-bond acceptors (Lipinski definition) is 6. The average Bonchev–Trinajstić information content (AvgIpc) is 3.00. The Balaban J connectivity index is 1.36. The Hall–Kier alpha value is -2.61. The van der Waals surface area contributed by atoms with E-state index in [1.807, 2.05) is 24.5 Å². The lowest BCUT2D eigenvalue weighted by Crippen LogP contribution is -2.41. The first-order valence-corrected chi connectivity index (χ1v) is 12.4. The topological polar surface area (TPSA) is 75.9 Å². The van der Waals surface area contributed by atoms with Gasteiger partial charge in [-0.25, -0.2) is 15.0 Å². The Morgan fingerprint density at radius 2 is 2.10 bits per heavy atom. The number of benzene rings is 1. The molecule has 162 valence electrons. The summed E-state index contributed by atoms with van der Waals surface area (Å²) in [6.07, 6.45) is 10.1. The fourth-order valence-electron chi connectivity index (χ4n) is 4.69. The van der Waals surface area contributed by atoms with Crippen LogP contribution in [0.1, 0.15) is 37.9 Å². The maximum Gasteiger partial charge on any atom is 0.229 e. The Labute approximate surface area is 186 Å². The quantitative estimate of drug-likeness (QED) is 0.620. The highest BCUT2D eigenvalue weighted by Gasteiger charge is 2.29. The van der Waals surface area contributed by atoms with Crippen LogP contribution < -0.4 is 10.2 Å². The predicted octanol–water partition coefficient (Wildman–Crippen LogP) is 4.13. The second-order valence-corrected chi connectivity index (χ2v) is 9.25. The highest BCUT2D eigenvalue weighted by Crippen LogP contribution is 2.30. The van der Waals surface area contributed by atoms with Crippen LogP contribution in [-0.2, 0) is 17.8 Å². The van der Waals surface area contributed by atoms with E-state index in [1.165, 1.54) is 19.3 Å². The first-order chi connectivity index (χ1) is 15.2. The molecule has 1 saturated heterocycles.